The van der Waals surface area contributed by atoms with Gasteiger partial charge >= 0.3 is 0 Å². The third-order valence-electron chi connectivity index (χ3n) is 3.38. The largest absolute Gasteiger partial charge is 0.372 e. The highest BCUT2D eigenvalue weighted by Crippen LogP contribution is 2.34. The molecule has 0 aliphatic carbocycles. The van der Waals surface area contributed by atoms with Crippen LogP contribution in [0.2, 0.25) is 0 Å². The van der Waals surface area contributed by atoms with Gasteiger partial charge in [0.15, 0.2) is 0 Å². The van der Waals surface area contributed by atoms with E-state index in [0.717, 1.165) is 6.07 Å². The van der Waals surface area contributed by atoms with E-state index in [1.54, 1.807) is 4.90 Å². The van der Waals surface area contributed by atoms with E-state index in [-0.39, 0.29) is 22.8 Å². The fraction of sp³-hybridized carbons (Fsp3) is 0.538. The fourth-order valence-corrected chi connectivity index (χ4v) is 3.06. The van der Waals surface area contributed by atoms with Crippen molar-refractivity contribution in [1.82, 2.24) is 4.72 Å². The molecule has 1 aromatic rings. The van der Waals surface area contributed by atoms with Gasteiger partial charge in [0.25, 0.3) is 5.69 Å². The van der Waals surface area contributed by atoms with E-state index in [2.05, 4.69) is 4.72 Å². The number of nitrogens with one attached hydrogen (secondary N) is 1. The van der Waals surface area contributed by atoms with Gasteiger partial charge < -0.3 is 9.64 Å². The van der Waals surface area contributed by atoms with E-state index in [0.29, 0.717) is 18.8 Å². The summed E-state index contributed by atoms with van der Waals surface area (Å²) in [7, 11) is -2.45. The van der Waals surface area contributed by atoms with Gasteiger partial charge in [0.05, 0.1) is 22.0 Å². The van der Waals surface area contributed by atoms with Crippen LogP contribution in [0.4, 0.5) is 11.4 Å². The summed E-state index contributed by atoms with van der Waals surface area (Å²) in [6.45, 7) is 4.97. The topological polar surface area (TPSA) is 102 Å². The summed E-state index contributed by atoms with van der Waals surface area (Å²) >= 11 is 0. The molecule has 0 radical (unpaired) electrons. The van der Waals surface area contributed by atoms with Crippen molar-refractivity contribution in [3.8, 4) is 0 Å². The lowest BCUT2D eigenvalue weighted by Crippen LogP contribution is -2.53. The molecule has 8 nitrogen and oxygen atoms in total. The van der Waals surface area contributed by atoms with Crippen LogP contribution in [0.15, 0.2) is 23.1 Å². The van der Waals surface area contributed by atoms with Gasteiger partial charge in [-0.2, -0.15) is 0 Å². The van der Waals surface area contributed by atoms with Crippen LogP contribution >= 0.6 is 0 Å². The molecule has 0 atom stereocenters. The maximum Gasteiger partial charge on any atom is 0.293 e. The molecule has 1 aliphatic rings. The summed E-state index contributed by atoms with van der Waals surface area (Å²) in [5.41, 5.74) is 0.183. The molecular weight excluding hydrogens is 310 g/mol. The van der Waals surface area contributed by atoms with Crippen molar-refractivity contribution in [3.05, 3.63) is 28.3 Å². The van der Waals surface area contributed by atoms with Crippen LogP contribution in [0, 0.1) is 10.1 Å². The molecule has 22 heavy (non-hydrogen) atoms. The zero-order valence-electron chi connectivity index (χ0n) is 12.6. The third-order valence-corrected chi connectivity index (χ3v) is 4.79. The number of nitro benzene ring substituents is 1. The van der Waals surface area contributed by atoms with Crippen LogP contribution in [0.25, 0.3) is 0 Å². The smallest absolute Gasteiger partial charge is 0.293 e. The zero-order chi connectivity index (χ0) is 16.5. The highest BCUT2D eigenvalue weighted by Gasteiger charge is 2.33. The number of benzene rings is 1. The van der Waals surface area contributed by atoms with Gasteiger partial charge in [-0.15, -0.1) is 0 Å². The van der Waals surface area contributed by atoms with Crippen LogP contribution in [0.3, 0.4) is 0 Å². The zero-order valence-corrected chi connectivity index (χ0v) is 13.5. The summed E-state index contributed by atoms with van der Waals surface area (Å²) in [5.74, 6) is 0. The van der Waals surface area contributed by atoms with E-state index in [1.165, 1.54) is 19.2 Å². The number of hydrogen-bond donors (Lipinski definition) is 1. The van der Waals surface area contributed by atoms with Gasteiger partial charge in [0, 0.05) is 19.2 Å². The molecule has 0 bridgehead atoms. The Balaban J connectivity index is 2.25. The molecule has 1 fully saturated rings. The second-order valence-electron chi connectivity index (χ2n) is 5.33. The van der Waals surface area contributed by atoms with Crippen molar-refractivity contribution in [2.24, 2.45) is 0 Å². The van der Waals surface area contributed by atoms with Crippen molar-refractivity contribution >= 4 is 21.4 Å². The first-order valence-electron chi connectivity index (χ1n) is 6.87. The molecule has 2 rings (SSSR count). The SMILES string of the molecule is CNS(=O)(=O)c1ccc(N2CC(OC(C)C)C2)c([N+](=O)[O-])c1. The van der Waals surface area contributed by atoms with E-state index in [1.807, 2.05) is 13.8 Å². The number of nitro groups is 1. The lowest BCUT2D eigenvalue weighted by Gasteiger charge is -2.41. The minimum absolute atomic E-state index is 0.0420. The molecule has 9 heteroatoms. The van der Waals surface area contributed by atoms with Crippen molar-refractivity contribution in [2.45, 2.75) is 31.0 Å². The lowest BCUT2D eigenvalue weighted by molar-refractivity contribution is -0.384. The molecule has 1 N–H and O–H groups in total. The monoisotopic (exact) mass is 329 g/mol. The van der Waals surface area contributed by atoms with Gasteiger partial charge in [-0.1, -0.05) is 0 Å². The van der Waals surface area contributed by atoms with E-state index in [4.69, 9.17) is 4.74 Å². The molecule has 1 saturated heterocycles. The Kier molecular flexibility index (Phi) is 4.69. The third kappa shape index (κ3) is 3.37. The van der Waals surface area contributed by atoms with Crippen LogP contribution in [-0.2, 0) is 14.8 Å². The van der Waals surface area contributed by atoms with E-state index >= 15 is 0 Å². The van der Waals surface area contributed by atoms with Crippen LogP contribution < -0.4 is 9.62 Å². The van der Waals surface area contributed by atoms with Crippen molar-refractivity contribution in [2.75, 3.05) is 25.0 Å². The molecule has 0 aromatic heterocycles. The van der Waals surface area contributed by atoms with Crippen LogP contribution in [-0.4, -0.2) is 45.7 Å². The fourth-order valence-electron chi connectivity index (χ4n) is 2.31. The first kappa shape index (κ1) is 16.7. The lowest BCUT2D eigenvalue weighted by atomic mass is 10.1. The molecular formula is C13H19N3O5S. The minimum Gasteiger partial charge on any atom is -0.372 e. The maximum atomic E-state index is 11.7. The second kappa shape index (κ2) is 6.19. The standard InChI is InChI=1S/C13H19N3O5S/c1-9(2)21-10-7-15(8-10)12-5-4-11(22(19,20)14-3)6-13(12)16(17)18/h4-6,9-10,14H,7-8H2,1-3H3. The normalized spacial score (nSPS) is 15.9. The summed E-state index contributed by atoms with van der Waals surface area (Å²) in [4.78, 5) is 12.3. The van der Waals surface area contributed by atoms with E-state index < -0.39 is 14.9 Å². The summed E-state index contributed by atoms with van der Waals surface area (Å²) < 4.78 is 31.3. The van der Waals surface area contributed by atoms with Crippen LogP contribution in [0.5, 0.6) is 0 Å². The van der Waals surface area contributed by atoms with Crippen molar-refractivity contribution in [1.29, 1.82) is 0 Å². The van der Waals surface area contributed by atoms with Gasteiger partial charge in [-0.05, 0) is 33.0 Å². The van der Waals surface area contributed by atoms with Crippen LogP contribution in [0.1, 0.15) is 13.8 Å². The first-order valence-corrected chi connectivity index (χ1v) is 8.35. The highest BCUT2D eigenvalue weighted by atomic mass is 32.2. The van der Waals surface area contributed by atoms with E-state index in [9.17, 15) is 18.5 Å². The second-order valence-corrected chi connectivity index (χ2v) is 7.21. The van der Waals surface area contributed by atoms with Gasteiger partial charge in [-0.25, -0.2) is 13.1 Å². The molecule has 1 aliphatic heterocycles. The Morgan fingerprint density at radius 3 is 2.55 bits per heavy atom. The molecule has 122 valence electrons. The van der Waals surface area contributed by atoms with Gasteiger partial charge in [0.2, 0.25) is 10.0 Å². The number of anilines is 1. The predicted octanol–water partition coefficient (Wildman–Crippen LogP) is 1.12. The Labute approximate surface area is 129 Å². The molecule has 0 amide bonds. The molecule has 0 saturated carbocycles. The number of nitrogens with zero attached hydrogens (tertiary/aromatic N) is 2. The quantitative estimate of drug-likeness (QED) is 0.620. The molecule has 1 heterocycles. The highest BCUT2D eigenvalue weighted by molar-refractivity contribution is 7.89. The minimum atomic E-state index is -3.71. The predicted molar refractivity (Wildman–Crippen MR) is 81.6 cm³/mol. The Morgan fingerprint density at radius 2 is 2.05 bits per heavy atom. The number of ether oxygens (including phenoxy) is 1. The molecule has 0 unspecified atom stereocenters. The average molecular weight is 329 g/mol. The molecule has 0 spiro atoms. The number of sulfonamides is 1. The van der Waals surface area contributed by atoms with Gasteiger partial charge in [-0.3, -0.25) is 10.1 Å². The molecule has 1 aromatic carbocycles. The van der Waals surface area contributed by atoms with Gasteiger partial charge in [0.1, 0.15) is 5.69 Å². The summed E-state index contributed by atoms with van der Waals surface area (Å²) in [6, 6.07) is 3.91. The Hall–Kier alpha value is -1.71. The maximum absolute atomic E-state index is 11.7. The average Bonchev–Trinajstić information content (AvgIpc) is 2.41. The summed E-state index contributed by atoms with van der Waals surface area (Å²) in [5, 5.41) is 11.2. The number of hydrogen-bond acceptors (Lipinski definition) is 6. The van der Waals surface area contributed by atoms with Crippen molar-refractivity contribution in [3.63, 3.8) is 0 Å². The first-order chi connectivity index (χ1) is 10.2. The van der Waals surface area contributed by atoms with Crippen molar-refractivity contribution < 1.29 is 18.1 Å². The Morgan fingerprint density at radius 1 is 1.41 bits per heavy atom. The Bertz CT molecular complexity index is 668. The number of rotatable bonds is 6. The summed E-state index contributed by atoms with van der Waals surface area (Å²) in [6.07, 6.45) is 0.144.